The molecule has 1 aromatic rings. The molecule has 1 heterocycles. The Morgan fingerprint density at radius 2 is 2.28 bits per heavy atom. The van der Waals surface area contributed by atoms with Crippen LogP contribution in [0.4, 0.5) is 11.4 Å². The maximum atomic E-state index is 11.6. The summed E-state index contributed by atoms with van der Waals surface area (Å²) in [6.45, 7) is 0.608. The molecule has 96 valence electrons. The quantitative estimate of drug-likeness (QED) is 0.868. The molecule has 0 aromatic heterocycles. The van der Waals surface area contributed by atoms with Crippen molar-refractivity contribution >= 4 is 34.8 Å². The molecule has 1 aromatic carbocycles. The van der Waals surface area contributed by atoms with Crippen LogP contribution >= 0.6 is 11.6 Å². The number of nitrogens with two attached hydrogens (primary N) is 1. The van der Waals surface area contributed by atoms with Gasteiger partial charge in [-0.2, -0.15) is 0 Å². The van der Waals surface area contributed by atoms with E-state index in [1.807, 2.05) is 0 Å². The summed E-state index contributed by atoms with van der Waals surface area (Å²) in [6.07, 6.45) is 1.41. The molecule has 0 spiro atoms. The maximum Gasteiger partial charge on any atom is 0.238 e. The van der Waals surface area contributed by atoms with Crippen molar-refractivity contribution in [1.29, 1.82) is 0 Å². The van der Waals surface area contributed by atoms with Crippen molar-refractivity contribution in [2.24, 2.45) is 5.73 Å². The van der Waals surface area contributed by atoms with E-state index in [1.165, 1.54) is 0 Å². The zero-order chi connectivity index (χ0) is 13.1. The number of nitrogens with one attached hydrogen (secondary N) is 1. The van der Waals surface area contributed by atoms with Crippen molar-refractivity contribution in [3.05, 3.63) is 23.2 Å². The maximum absolute atomic E-state index is 11.6. The van der Waals surface area contributed by atoms with Crippen molar-refractivity contribution in [1.82, 2.24) is 0 Å². The van der Waals surface area contributed by atoms with Crippen LogP contribution in [-0.2, 0) is 9.59 Å². The molecule has 18 heavy (non-hydrogen) atoms. The number of carbonyl (C=O) groups is 2. The van der Waals surface area contributed by atoms with Gasteiger partial charge < -0.3 is 16.0 Å². The van der Waals surface area contributed by atoms with E-state index in [4.69, 9.17) is 17.3 Å². The first-order valence-electron chi connectivity index (χ1n) is 5.71. The number of hydrogen-bond donors (Lipinski definition) is 2. The lowest BCUT2D eigenvalue weighted by molar-refractivity contribution is -0.117. The van der Waals surface area contributed by atoms with Crippen LogP contribution in [0.3, 0.4) is 0 Å². The molecule has 2 rings (SSSR count). The Morgan fingerprint density at radius 1 is 1.50 bits per heavy atom. The summed E-state index contributed by atoms with van der Waals surface area (Å²) in [7, 11) is 0. The Kier molecular flexibility index (Phi) is 3.84. The molecule has 1 fully saturated rings. The molecule has 0 atom stereocenters. The number of halogens is 1. The average Bonchev–Trinajstić information content (AvgIpc) is 2.75. The lowest BCUT2D eigenvalue weighted by atomic mass is 10.2. The van der Waals surface area contributed by atoms with E-state index in [1.54, 1.807) is 23.1 Å². The fourth-order valence-electron chi connectivity index (χ4n) is 1.92. The molecule has 0 saturated carbocycles. The summed E-state index contributed by atoms with van der Waals surface area (Å²) < 4.78 is 0. The van der Waals surface area contributed by atoms with Gasteiger partial charge in [-0.3, -0.25) is 9.59 Å². The van der Waals surface area contributed by atoms with Crippen molar-refractivity contribution in [2.45, 2.75) is 12.8 Å². The number of benzene rings is 1. The molecule has 5 nitrogen and oxygen atoms in total. The van der Waals surface area contributed by atoms with E-state index in [0.29, 0.717) is 29.4 Å². The van der Waals surface area contributed by atoms with Gasteiger partial charge in [-0.1, -0.05) is 11.6 Å². The van der Waals surface area contributed by atoms with Gasteiger partial charge >= 0.3 is 0 Å². The summed E-state index contributed by atoms with van der Waals surface area (Å²) in [5.74, 6) is -0.202. The summed E-state index contributed by atoms with van der Waals surface area (Å²) >= 11 is 6.12. The van der Waals surface area contributed by atoms with Gasteiger partial charge in [0.15, 0.2) is 0 Å². The number of rotatable bonds is 3. The standard InChI is InChI=1S/C12H14ClN3O2/c13-9-6-8(15-11(17)7-14)3-4-10(9)16-5-1-2-12(16)18/h3-4,6H,1-2,5,7,14H2,(H,15,17). The van der Waals surface area contributed by atoms with Crippen LogP contribution in [0.15, 0.2) is 18.2 Å². The molecule has 1 saturated heterocycles. The smallest absolute Gasteiger partial charge is 0.238 e. The minimum Gasteiger partial charge on any atom is -0.325 e. The van der Waals surface area contributed by atoms with Crippen molar-refractivity contribution in [3.8, 4) is 0 Å². The third-order valence-corrected chi connectivity index (χ3v) is 3.08. The first-order chi connectivity index (χ1) is 8.61. The van der Waals surface area contributed by atoms with Gasteiger partial charge in [0.1, 0.15) is 0 Å². The highest BCUT2D eigenvalue weighted by Gasteiger charge is 2.23. The van der Waals surface area contributed by atoms with Gasteiger partial charge in [0, 0.05) is 18.7 Å². The molecule has 0 aliphatic carbocycles. The predicted molar refractivity (Wildman–Crippen MR) is 70.7 cm³/mol. The first-order valence-corrected chi connectivity index (χ1v) is 6.09. The van der Waals surface area contributed by atoms with Crippen LogP contribution < -0.4 is 16.0 Å². The molecule has 0 radical (unpaired) electrons. The number of amides is 2. The SMILES string of the molecule is NCC(=O)Nc1ccc(N2CCCC2=O)c(Cl)c1. The van der Waals surface area contributed by atoms with E-state index in [2.05, 4.69) is 5.32 Å². The second-order valence-corrected chi connectivity index (χ2v) is 4.47. The molecule has 6 heteroatoms. The van der Waals surface area contributed by atoms with Gasteiger partial charge in [-0.25, -0.2) is 0 Å². The Bertz CT molecular complexity index is 490. The zero-order valence-corrected chi connectivity index (χ0v) is 10.5. The van der Waals surface area contributed by atoms with Gasteiger partial charge in [0.05, 0.1) is 17.3 Å². The van der Waals surface area contributed by atoms with Gasteiger partial charge in [-0.05, 0) is 24.6 Å². The largest absolute Gasteiger partial charge is 0.325 e. The highest BCUT2D eigenvalue weighted by atomic mass is 35.5. The molecule has 1 aliphatic heterocycles. The Morgan fingerprint density at radius 3 is 2.83 bits per heavy atom. The second kappa shape index (κ2) is 5.37. The van der Waals surface area contributed by atoms with Gasteiger partial charge in [0.25, 0.3) is 0 Å². The molecular weight excluding hydrogens is 254 g/mol. The van der Waals surface area contributed by atoms with Crippen molar-refractivity contribution in [3.63, 3.8) is 0 Å². The van der Waals surface area contributed by atoms with Crippen LogP contribution in [0, 0.1) is 0 Å². The van der Waals surface area contributed by atoms with E-state index in [9.17, 15) is 9.59 Å². The Hall–Kier alpha value is -1.59. The Labute approximate surface area is 110 Å². The summed E-state index contributed by atoms with van der Waals surface area (Å²) in [4.78, 5) is 24.4. The topological polar surface area (TPSA) is 75.4 Å². The highest BCUT2D eigenvalue weighted by molar-refractivity contribution is 6.34. The predicted octanol–water partition coefficient (Wildman–Crippen LogP) is 1.36. The number of nitrogens with zero attached hydrogens (tertiary/aromatic N) is 1. The van der Waals surface area contributed by atoms with Crippen LogP contribution in [0.25, 0.3) is 0 Å². The summed E-state index contributed by atoms with van der Waals surface area (Å²) in [5.41, 5.74) is 6.47. The number of carbonyl (C=O) groups excluding carboxylic acids is 2. The molecule has 1 aliphatic rings. The molecule has 0 bridgehead atoms. The molecule has 2 amide bonds. The van der Waals surface area contributed by atoms with Gasteiger partial charge in [0.2, 0.25) is 11.8 Å². The molecule has 0 unspecified atom stereocenters. The number of hydrogen-bond acceptors (Lipinski definition) is 3. The van der Waals surface area contributed by atoms with E-state index in [0.717, 1.165) is 6.42 Å². The van der Waals surface area contributed by atoms with E-state index < -0.39 is 0 Å². The first kappa shape index (κ1) is 12.9. The van der Waals surface area contributed by atoms with Crippen LogP contribution in [0.1, 0.15) is 12.8 Å². The second-order valence-electron chi connectivity index (χ2n) is 4.07. The normalized spacial score (nSPS) is 15.0. The van der Waals surface area contributed by atoms with E-state index in [-0.39, 0.29) is 18.4 Å². The lowest BCUT2D eigenvalue weighted by Crippen LogP contribution is -2.24. The van der Waals surface area contributed by atoms with Crippen LogP contribution in [-0.4, -0.2) is 24.9 Å². The molecular formula is C12H14ClN3O2. The number of anilines is 2. The van der Waals surface area contributed by atoms with Crippen molar-refractivity contribution in [2.75, 3.05) is 23.3 Å². The lowest BCUT2D eigenvalue weighted by Gasteiger charge is -2.18. The highest BCUT2D eigenvalue weighted by Crippen LogP contribution is 2.31. The monoisotopic (exact) mass is 267 g/mol. The van der Waals surface area contributed by atoms with Crippen LogP contribution in [0.2, 0.25) is 5.02 Å². The van der Waals surface area contributed by atoms with Gasteiger partial charge in [-0.15, -0.1) is 0 Å². The van der Waals surface area contributed by atoms with Crippen molar-refractivity contribution < 1.29 is 9.59 Å². The minimum absolute atomic E-state index is 0.0793. The third kappa shape index (κ3) is 2.63. The fraction of sp³-hybridized carbons (Fsp3) is 0.333. The summed E-state index contributed by atoms with van der Waals surface area (Å²) in [6, 6.07) is 5.06. The van der Waals surface area contributed by atoms with Crippen LogP contribution in [0.5, 0.6) is 0 Å². The summed E-state index contributed by atoms with van der Waals surface area (Å²) in [5, 5.41) is 3.05. The zero-order valence-electron chi connectivity index (χ0n) is 9.78. The molecule has 3 N–H and O–H groups in total. The third-order valence-electron chi connectivity index (χ3n) is 2.78. The minimum atomic E-state index is -0.281. The Balaban J connectivity index is 2.19. The fourth-order valence-corrected chi connectivity index (χ4v) is 2.20. The average molecular weight is 268 g/mol. The van der Waals surface area contributed by atoms with E-state index >= 15 is 0 Å².